The van der Waals surface area contributed by atoms with Gasteiger partial charge in [-0.15, -0.1) is 0 Å². The standard InChI is InChI=1S/C20H22BrN3O2S/c1-3-12-11-27-20-23-18(15-7-5-6-8-22-15)19(24(12)20)13-9-17(26-4-2)16(25)10-14(13)21/h5-10,12,18-19,25H,3-4,11H2,1-2H3/t12-,18+,19-/m1/s1. The van der Waals surface area contributed by atoms with Crippen LogP contribution in [-0.2, 0) is 0 Å². The van der Waals surface area contributed by atoms with Gasteiger partial charge in [0.2, 0.25) is 0 Å². The van der Waals surface area contributed by atoms with Gasteiger partial charge in [0.1, 0.15) is 6.04 Å². The summed E-state index contributed by atoms with van der Waals surface area (Å²) in [7, 11) is 0. The summed E-state index contributed by atoms with van der Waals surface area (Å²) >= 11 is 5.48. The normalized spacial score (nSPS) is 24.0. The molecule has 1 aromatic heterocycles. The Labute approximate surface area is 172 Å². The van der Waals surface area contributed by atoms with E-state index in [1.54, 1.807) is 6.07 Å². The van der Waals surface area contributed by atoms with E-state index in [1.807, 2.05) is 49.1 Å². The number of aliphatic imine (C=N–C) groups is 1. The van der Waals surface area contributed by atoms with E-state index in [2.05, 4.69) is 32.7 Å². The second kappa shape index (κ2) is 7.72. The van der Waals surface area contributed by atoms with Gasteiger partial charge < -0.3 is 14.7 Å². The van der Waals surface area contributed by atoms with Crippen molar-refractivity contribution in [1.29, 1.82) is 0 Å². The number of rotatable bonds is 5. The summed E-state index contributed by atoms with van der Waals surface area (Å²) in [6.45, 7) is 4.64. The minimum atomic E-state index is -0.0848. The Morgan fingerprint density at radius 2 is 2.19 bits per heavy atom. The zero-order valence-corrected chi connectivity index (χ0v) is 17.7. The van der Waals surface area contributed by atoms with Crippen LogP contribution >= 0.6 is 27.7 Å². The van der Waals surface area contributed by atoms with E-state index in [9.17, 15) is 5.11 Å². The van der Waals surface area contributed by atoms with Gasteiger partial charge in [0.15, 0.2) is 16.7 Å². The molecule has 3 heterocycles. The lowest BCUT2D eigenvalue weighted by Gasteiger charge is -2.32. The molecule has 0 radical (unpaired) electrons. The first kappa shape index (κ1) is 18.6. The molecule has 1 N–H and O–H groups in total. The number of nitrogens with zero attached hydrogens (tertiary/aromatic N) is 3. The zero-order valence-electron chi connectivity index (χ0n) is 15.3. The Balaban J connectivity index is 1.83. The van der Waals surface area contributed by atoms with Crippen molar-refractivity contribution < 1.29 is 9.84 Å². The molecule has 0 saturated carbocycles. The number of hydrogen-bond donors (Lipinski definition) is 1. The number of aromatic hydroxyl groups is 1. The highest BCUT2D eigenvalue weighted by atomic mass is 79.9. The summed E-state index contributed by atoms with van der Waals surface area (Å²) in [4.78, 5) is 12.0. The molecule has 4 rings (SSSR count). The lowest BCUT2D eigenvalue weighted by Crippen LogP contribution is -2.35. The summed E-state index contributed by atoms with van der Waals surface area (Å²) < 4.78 is 6.51. The van der Waals surface area contributed by atoms with Crippen LogP contribution in [0.25, 0.3) is 0 Å². The lowest BCUT2D eigenvalue weighted by molar-refractivity contribution is 0.252. The molecule has 7 heteroatoms. The van der Waals surface area contributed by atoms with Gasteiger partial charge in [0.05, 0.1) is 18.3 Å². The summed E-state index contributed by atoms with van der Waals surface area (Å²) in [5.41, 5.74) is 2.02. The van der Waals surface area contributed by atoms with Gasteiger partial charge in [-0.05, 0) is 43.2 Å². The first-order valence-corrected chi connectivity index (χ1v) is 11.0. The fraction of sp³-hybridized carbons (Fsp3) is 0.400. The second-order valence-corrected chi connectivity index (χ2v) is 8.45. The number of thioether (sulfide) groups is 1. The predicted molar refractivity (Wildman–Crippen MR) is 113 cm³/mol. The van der Waals surface area contributed by atoms with E-state index in [-0.39, 0.29) is 17.8 Å². The average Bonchev–Trinajstić information content (AvgIpc) is 3.24. The van der Waals surface area contributed by atoms with E-state index in [4.69, 9.17) is 9.73 Å². The fourth-order valence-electron chi connectivity index (χ4n) is 3.74. The summed E-state index contributed by atoms with van der Waals surface area (Å²) in [5.74, 6) is 1.70. The fourth-order valence-corrected chi connectivity index (χ4v) is 5.65. The summed E-state index contributed by atoms with van der Waals surface area (Å²) in [6.07, 6.45) is 2.88. The molecule has 2 aliphatic rings. The first-order valence-electron chi connectivity index (χ1n) is 9.19. The number of phenolic OH excluding ortho intramolecular Hbond substituents is 1. The Bertz CT molecular complexity index is 862. The van der Waals surface area contributed by atoms with Crippen LogP contribution < -0.4 is 4.74 Å². The molecule has 1 aromatic carbocycles. The number of amidine groups is 1. The van der Waals surface area contributed by atoms with Crippen molar-refractivity contribution in [2.45, 2.75) is 38.4 Å². The molecule has 2 aliphatic heterocycles. The molecule has 1 saturated heterocycles. The Hall–Kier alpha value is -1.73. The first-order chi connectivity index (χ1) is 13.1. The third-order valence-electron chi connectivity index (χ3n) is 5.03. The van der Waals surface area contributed by atoms with Crippen molar-refractivity contribution in [3.05, 3.63) is 52.3 Å². The van der Waals surface area contributed by atoms with Gasteiger partial charge in [-0.2, -0.15) is 0 Å². The number of pyridine rings is 1. The van der Waals surface area contributed by atoms with Gasteiger partial charge in [-0.1, -0.05) is 40.7 Å². The third kappa shape index (κ3) is 3.31. The topological polar surface area (TPSA) is 58.0 Å². The lowest BCUT2D eigenvalue weighted by atomic mass is 9.95. The highest BCUT2D eigenvalue weighted by Gasteiger charge is 2.46. The molecule has 0 bridgehead atoms. The van der Waals surface area contributed by atoms with Crippen molar-refractivity contribution in [1.82, 2.24) is 9.88 Å². The van der Waals surface area contributed by atoms with Crippen LogP contribution in [0.4, 0.5) is 0 Å². The highest BCUT2D eigenvalue weighted by Crippen LogP contribution is 2.51. The number of aromatic nitrogens is 1. The van der Waals surface area contributed by atoms with Gasteiger partial charge in [-0.3, -0.25) is 9.98 Å². The zero-order chi connectivity index (χ0) is 19.0. The molecule has 0 spiro atoms. The number of phenols is 1. The van der Waals surface area contributed by atoms with E-state index in [1.165, 1.54) is 0 Å². The minimum absolute atomic E-state index is 0.0176. The second-order valence-electron chi connectivity index (χ2n) is 6.61. The Kier molecular flexibility index (Phi) is 5.32. The largest absolute Gasteiger partial charge is 0.504 e. The number of benzene rings is 1. The molecule has 0 amide bonds. The number of fused-ring (bicyclic) bond motifs is 1. The van der Waals surface area contributed by atoms with Crippen molar-refractivity contribution in [2.75, 3.05) is 12.4 Å². The number of ether oxygens (including phenoxy) is 1. The van der Waals surface area contributed by atoms with Crippen molar-refractivity contribution in [2.24, 2.45) is 4.99 Å². The van der Waals surface area contributed by atoms with Crippen LogP contribution in [0.2, 0.25) is 0 Å². The highest BCUT2D eigenvalue weighted by molar-refractivity contribution is 9.10. The van der Waals surface area contributed by atoms with E-state index >= 15 is 0 Å². The van der Waals surface area contributed by atoms with Gasteiger partial charge >= 0.3 is 0 Å². The maximum Gasteiger partial charge on any atom is 0.161 e. The van der Waals surface area contributed by atoms with E-state index < -0.39 is 0 Å². The predicted octanol–water partition coefficient (Wildman–Crippen LogP) is 4.93. The maximum atomic E-state index is 10.2. The maximum absolute atomic E-state index is 10.2. The molecule has 0 aliphatic carbocycles. The molecule has 1 fully saturated rings. The number of hydrogen-bond acceptors (Lipinski definition) is 6. The van der Waals surface area contributed by atoms with Crippen LogP contribution in [-0.4, -0.2) is 38.6 Å². The Morgan fingerprint density at radius 1 is 1.33 bits per heavy atom. The van der Waals surface area contributed by atoms with Crippen LogP contribution in [0.15, 0.2) is 46.0 Å². The molecule has 2 aromatic rings. The van der Waals surface area contributed by atoms with Gasteiger partial charge in [0, 0.05) is 22.5 Å². The van der Waals surface area contributed by atoms with Crippen molar-refractivity contribution >= 4 is 32.9 Å². The van der Waals surface area contributed by atoms with Gasteiger partial charge in [0.25, 0.3) is 0 Å². The summed E-state index contributed by atoms with van der Waals surface area (Å²) in [6, 6.07) is 9.99. The third-order valence-corrected chi connectivity index (χ3v) is 6.84. The Morgan fingerprint density at radius 3 is 2.89 bits per heavy atom. The molecule has 0 unspecified atom stereocenters. The van der Waals surface area contributed by atoms with Crippen LogP contribution in [0.1, 0.15) is 43.6 Å². The minimum Gasteiger partial charge on any atom is -0.504 e. The summed E-state index contributed by atoms with van der Waals surface area (Å²) in [5, 5.41) is 11.3. The molecule has 27 heavy (non-hydrogen) atoms. The average molecular weight is 448 g/mol. The molecular weight excluding hydrogens is 426 g/mol. The molecule has 3 atom stereocenters. The van der Waals surface area contributed by atoms with E-state index in [0.717, 1.165) is 33.1 Å². The smallest absolute Gasteiger partial charge is 0.161 e. The van der Waals surface area contributed by atoms with Crippen LogP contribution in [0.3, 0.4) is 0 Å². The van der Waals surface area contributed by atoms with Gasteiger partial charge in [-0.25, -0.2) is 0 Å². The quantitative estimate of drug-likeness (QED) is 0.703. The molecule has 5 nitrogen and oxygen atoms in total. The molecule has 142 valence electrons. The SMILES string of the molecule is CCOc1cc([C@@H]2[C@H](c3ccccn3)N=C3SC[C@@H](CC)N32)c(Br)cc1O. The molecular formula is C20H22BrN3O2S. The monoisotopic (exact) mass is 447 g/mol. The van der Waals surface area contributed by atoms with Crippen molar-refractivity contribution in [3.8, 4) is 11.5 Å². The van der Waals surface area contributed by atoms with Crippen molar-refractivity contribution in [3.63, 3.8) is 0 Å². The van der Waals surface area contributed by atoms with Crippen LogP contribution in [0.5, 0.6) is 11.5 Å². The van der Waals surface area contributed by atoms with Crippen LogP contribution in [0, 0.1) is 0 Å². The van der Waals surface area contributed by atoms with E-state index in [0.29, 0.717) is 18.4 Å². The number of halogens is 1.